The Labute approximate surface area is 157 Å². The Hall–Kier alpha value is -1.59. The lowest BCUT2D eigenvalue weighted by molar-refractivity contribution is 0.0848. The molecular formula is C20H22N2OS2. The first-order chi connectivity index (χ1) is 12.2. The van der Waals surface area contributed by atoms with E-state index in [1.165, 1.54) is 16.9 Å². The van der Waals surface area contributed by atoms with Crippen LogP contribution in [0.25, 0.3) is 0 Å². The van der Waals surface area contributed by atoms with Gasteiger partial charge in [-0.05, 0) is 49.3 Å². The summed E-state index contributed by atoms with van der Waals surface area (Å²) >= 11 is 3.45. The first-order valence-corrected chi connectivity index (χ1v) is 10.8. The summed E-state index contributed by atoms with van der Waals surface area (Å²) in [6.07, 6.45) is 4.36. The Balaban J connectivity index is 1.63. The van der Waals surface area contributed by atoms with E-state index in [0.717, 1.165) is 53.9 Å². The van der Waals surface area contributed by atoms with Crippen molar-refractivity contribution in [1.29, 1.82) is 0 Å². The summed E-state index contributed by atoms with van der Waals surface area (Å²) in [6.45, 7) is 3.06. The van der Waals surface area contributed by atoms with E-state index in [2.05, 4.69) is 12.3 Å². The number of para-hydroxylation sites is 1. The molecule has 0 spiro atoms. The monoisotopic (exact) mass is 370 g/mol. The smallest absolute Gasteiger partial charge is 0.260 e. The van der Waals surface area contributed by atoms with E-state index in [-0.39, 0.29) is 5.91 Å². The summed E-state index contributed by atoms with van der Waals surface area (Å²) in [7, 11) is 0. The molecular weight excluding hydrogens is 348 g/mol. The van der Waals surface area contributed by atoms with Crippen molar-refractivity contribution in [3.63, 3.8) is 0 Å². The third kappa shape index (κ3) is 3.53. The average Bonchev–Trinajstić information content (AvgIpc) is 3.05. The van der Waals surface area contributed by atoms with Crippen LogP contribution in [0.5, 0.6) is 0 Å². The van der Waals surface area contributed by atoms with Crippen molar-refractivity contribution in [2.75, 3.05) is 12.3 Å². The van der Waals surface area contributed by atoms with E-state index in [0.29, 0.717) is 0 Å². The molecule has 1 aromatic heterocycles. The SMILES string of the molecule is C[C@@H]1CCc2c(C(=O)N3CCCSC3=Nc3ccccc3)csc2C1. The molecule has 1 aliphatic heterocycles. The Morgan fingerprint density at radius 1 is 1.28 bits per heavy atom. The van der Waals surface area contributed by atoms with Crippen LogP contribution in [0, 0.1) is 5.92 Å². The third-order valence-electron chi connectivity index (χ3n) is 4.85. The van der Waals surface area contributed by atoms with Crippen LogP contribution < -0.4 is 0 Å². The molecule has 2 aliphatic rings. The van der Waals surface area contributed by atoms with Crippen molar-refractivity contribution in [3.8, 4) is 0 Å². The topological polar surface area (TPSA) is 32.7 Å². The zero-order valence-electron chi connectivity index (χ0n) is 14.4. The highest BCUT2D eigenvalue weighted by atomic mass is 32.2. The lowest BCUT2D eigenvalue weighted by Gasteiger charge is -2.28. The number of amides is 1. The molecule has 2 heterocycles. The second-order valence-corrected chi connectivity index (χ2v) is 8.81. The van der Waals surface area contributed by atoms with Gasteiger partial charge in [0.1, 0.15) is 0 Å². The largest absolute Gasteiger partial charge is 0.287 e. The molecule has 0 N–H and O–H groups in total. The highest BCUT2D eigenvalue weighted by Crippen LogP contribution is 2.34. The van der Waals surface area contributed by atoms with Gasteiger partial charge < -0.3 is 0 Å². The minimum Gasteiger partial charge on any atom is -0.287 e. The van der Waals surface area contributed by atoms with E-state index in [9.17, 15) is 4.79 Å². The quantitative estimate of drug-likeness (QED) is 0.733. The number of rotatable bonds is 2. The summed E-state index contributed by atoms with van der Waals surface area (Å²) in [5, 5.41) is 2.91. The van der Waals surface area contributed by atoms with Gasteiger partial charge in [0.2, 0.25) is 0 Å². The molecule has 4 rings (SSSR count). The molecule has 1 fully saturated rings. The zero-order valence-corrected chi connectivity index (χ0v) is 16.0. The Bertz CT molecular complexity index is 797. The number of carbonyl (C=O) groups is 1. The number of benzene rings is 1. The number of hydrogen-bond acceptors (Lipinski definition) is 4. The van der Waals surface area contributed by atoms with Gasteiger partial charge in [-0.2, -0.15) is 0 Å². The van der Waals surface area contributed by atoms with E-state index < -0.39 is 0 Å². The molecule has 1 atom stereocenters. The molecule has 1 saturated heterocycles. The predicted molar refractivity (Wildman–Crippen MR) is 107 cm³/mol. The molecule has 0 radical (unpaired) electrons. The van der Waals surface area contributed by atoms with Crippen molar-refractivity contribution in [2.24, 2.45) is 10.9 Å². The summed E-state index contributed by atoms with van der Waals surface area (Å²) in [5.41, 5.74) is 3.11. The number of hydrogen-bond donors (Lipinski definition) is 0. The van der Waals surface area contributed by atoms with Gasteiger partial charge in [-0.25, -0.2) is 4.99 Å². The van der Waals surface area contributed by atoms with Crippen LogP contribution in [-0.4, -0.2) is 28.3 Å². The van der Waals surface area contributed by atoms with Gasteiger partial charge in [0, 0.05) is 22.6 Å². The molecule has 5 heteroatoms. The normalized spacial score (nSPS) is 22.0. The van der Waals surface area contributed by atoms with Crippen LogP contribution in [0.15, 0.2) is 40.7 Å². The fourth-order valence-electron chi connectivity index (χ4n) is 3.46. The van der Waals surface area contributed by atoms with Gasteiger partial charge in [-0.15, -0.1) is 11.3 Å². The summed E-state index contributed by atoms with van der Waals surface area (Å²) in [5.74, 6) is 1.89. The van der Waals surface area contributed by atoms with E-state index in [1.54, 1.807) is 23.1 Å². The molecule has 0 unspecified atom stereocenters. The summed E-state index contributed by atoms with van der Waals surface area (Å²) in [4.78, 5) is 21.3. The van der Waals surface area contributed by atoms with Crippen molar-refractivity contribution in [1.82, 2.24) is 4.90 Å². The standard InChI is InChI=1S/C20H22N2OS2/c1-14-8-9-16-17(13-25-18(16)12-14)19(23)22-10-5-11-24-20(22)21-15-6-3-2-4-7-15/h2-4,6-7,13-14H,5,8-12H2,1H3/t14-/m1/s1. The molecule has 1 aliphatic carbocycles. The van der Waals surface area contributed by atoms with Crippen LogP contribution in [0.3, 0.4) is 0 Å². The Morgan fingerprint density at radius 3 is 2.96 bits per heavy atom. The Kier molecular flexibility index (Phi) is 4.95. The van der Waals surface area contributed by atoms with E-state index in [4.69, 9.17) is 4.99 Å². The molecule has 130 valence electrons. The third-order valence-corrected chi connectivity index (χ3v) is 6.96. The first-order valence-electron chi connectivity index (χ1n) is 8.90. The molecule has 0 saturated carbocycles. The van der Waals surface area contributed by atoms with Gasteiger partial charge in [0.05, 0.1) is 11.3 Å². The van der Waals surface area contributed by atoms with Crippen LogP contribution >= 0.6 is 23.1 Å². The fourth-order valence-corrected chi connectivity index (χ4v) is 5.65. The van der Waals surface area contributed by atoms with Gasteiger partial charge in [0.15, 0.2) is 5.17 Å². The Morgan fingerprint density at radius 2 is 2.12 bits per heavy atom. The average molecular weight is 371 g/mol. The van der Waals surface area contributed by atoms with Crippen LogP contribution in [0.4, 0.5) is 5.69 Å². The maximum absolute atomic E-state index is 13.3. The molecule has 0 bridgehead atoms. The van der Waals surface area contributed by atoms with Gasteiger partial charge in [0.25, 0.3) is 5.91 Å². The molecule has 2 aromatic rings. The second-order valence-electron chi connectivity index (χ2n) is 6.79. The number of aliphatic imine (C=N–C) groups is 1. The van der Waals surface area contributed by atoms with Crippen molar-refractivity contribution >= 4 is 39.9 Å². The summed E-state index contributed by atoms with van der Waals surface area (Å²) in [6, 6.07) is 9.92. The van der Waals surface area contributed by atoms with Crippen molar-refractivity contribution in [2.45, 2.75) is 32.6 Å². The number of fused-ring (bicyclic) bond motifs is 1. The van der Waals surface area contributed by atoms with Crippen molar-refractivity contribution in [3.05, 3.63) is 51.7 Å². The van der Waals surface area contributed by atoms with Gasteiger partial charge >= 0.3 is 0 Å². The minimum atomic E-state index is 0.133. The number of nitrogens with zero attached hydrogens (tertiary/aromatic N) is 2. The molecule has 1 amide bonds. The maximum Gasteiger partial charge on any atom is 0.260 e. The fraction of sp³-hybridized carbons (Fsp3) is 0.400. The predicted octanol–water partition coefficient (Wildman–Crippen LogP) is 5.14. The molecule has 3 nitrogen and oxygen atoms in total. The zero-order chi connectivity index (χ0) is 17.2. The maximum atomic E-state index is 13.3. The van der Waals surface area contributed by atoms with Crippen LogP contribution in [-0.2, 0) is 12.8 Å². The van der Waals surface area contributed by atoms with E-state index in [1.807, 2.05) is 35.2 Å². The van der Waals surface area contributed by atoms with Crippen LogP contribution in [0.2, 0.25) is 0 Å². The van der Waals surface area contributed by atoms with E-state index >= 15 is 0 Å². The van der Waals surface area contributed by atoms with Gasteiger partial charge in [-0.3, -0.25) is 9.69 Å². The lowest BCUT2D eigenvalue weighted by Crippen LogP contribution is -2.39. The number of amidine groups is 1. The highest BCUT2D eigenvalue weighted by molar-refractivity contribution is 8.13. The van der Waals surface area contributed by atoms with Crippen LogP contribution in [0.1, 0.15) is 40.6 Å². The molecule has 1 aromatic carbocycles. The first kappa shape index (κ1) is 16.9. The number of thiophene rings is 1. The second kappa shape index (κ2) is 7.34. The highest BCUT2D eigenvalue weighted by Gasteiger charge is 2.29. The minimum absolute atomic E-state index is 0.133. The van der Waals surface area contributed by atoms with Gasteiger partial charge in [-0.1, -0.05) is 36.9 Å². The summed E-state index contributed by atoms with van der Waals surface area (Å²) < 4.78 is 0. The lowest BCUT2D eigenvalue weighted by atomic mass is 9.88. The number of thioether (sulfide) groups is 1. The van der Waals surface area contributed by atoms with Crippen molar-refractivity contribution < 1.29 is 4.79 Å². The number of carbonyl (C=O) groups excluding carboxylic acids is 1. The molecule has 25 heavy (non-hydrogen) atoms.